The summed E-state index contributed by atoms with van der Waals surface area (Å²) in [4.78, 5) is 15.6. The smallest absolute Gasteiger partial charge is 0.176 e. The Morgan fingerprint density at radius 1 is 0.723 bits per heavy atom. The van der Waals surface area contributed by atoms with Gasteiger partial charge in [0, 0.05) is 17.5 Å². The van der Waals surface area contributed by atoms with Gasteiger partial charge in [-0.05, 0) is 133 Å². The number of aromatic hydroxyl groups is 7. The number of Topliss-reactive ketones (excluding diaryl/α,β-unsaturated/α-hetero) is 1. The van der Waals surface area contributed by atoms with Crippen molar-refractivity contribution >= 4 is 11.9 Å². The van der Waals surface area contributed by atoms with E-state index in [0.717, 1.165) is 16.7 Å². The van der Waals surface area contributed by atoms with Crippen LogP contribution in [0.2, 0.25) is 0 Å². The minimum Gasteiger partial charge on any atom is -0.508 e. The molecule has 0 spiro atoms. The number of hydrogen-bond donors (Lipinski definition) is 8. The molecule has 1 heterocycles. The molecule has 6 aromatic rings. The van der Waals surface area contributed by atoms with Crippen LogP contribution in [0.25, 0.3) is 6.08 Å². The van der Waals surface area contributed by atoms with Gasteiger partial charge in [0.15, 0.2) is 5.78 Å². The number of ether oxygens (including phenoxy) is 2. The molecule has 1 saturated heterocycles. The van der Waals surface area contributed by atoms with E-state index in [4.69, 9.17) is 9.47 Å². The highest BCUT2D eigenvalue weighted by molar-refractivity contribution is 6.04. The van der Waals surface area contributed by atoms with Crippen molar-refractivity contribution in [2.45, 2.75) is 62.8 Å². The lowest BCUT2D eigenvalue weighted by Crippen LogP contribution is -2.40. The molecule has 7 rings (SSSR count). The fraction of sp³-hybridized carbons (Fsp3) is 0.241. The maximum atomic E-state index is 15.6. The Kier molecular flexibility index (Phi) is 14.8. The topological polar surface area (TPSA) is 197 Å². The number of methoxy groups -OCH3 is 1. The van der Waals surface area contributed by atoms with Crippen molar-refractivity contribution in [2.24, 2.45) is 11.8 Å². The normalized spacial score (nSPS) is 18.4. The lowest BCUT2D eigenvalue weighted by atomic mass is 9.73. The zero-order chi connectivity index (χ0) is 46.0. The number of allylic oxidation sites excluding steroid dienone is 2. The zero-order valence-electron chi connectivity index (χ0n) is 35.9. The van der Waals surface area contributed by atoms with Crippen LogP contribution in [-0.2, 0) is 17.6 Å². The summed E-state index contributed by atoms with van der Waals surface area (Å²) in [6, 6.07) is 34.4. The van der Waals surface area contributed by atoms with Crippen molar-refractivity contribution in [1.29, 1.82) is 0 Å². The van der Waals surface area contributed by atoms with Gasteiger partial charge < -0.3 is 50.3 Å². The van der Waals surface area contributed by atoms with E-state index in [9.17, 15) is 40.9 Å². The number of carbonyl (C=O) groups excluding carboxylic acids is 1. The van der Waals surface area contributed by atoms with E-state index in [0.29, 0.717) is 43.2 Å². The molecule has 1 aliphatic rings. The summed E-state index contributed by atoms with van der Waals surface area (Å²) >= 11 is 0. The maximum Gasteiger partial charge on any atom is 0.176 e. The number of aliphatic hydroxyl groups is 1. The number of carbonyl (C=O) groups is 1. The van der Waals surface area contributed by atoms with Gasteiger partial charge in [-0.1, -0.05) is 85.0 Å². The molecule has 6 atom stereocenters. The van der Waals surface area contributed by atoms with Crippen molar-refractivity contribution in [3.63, 3.8) is 0 Å². The van der Waals surface area contributed by atoms with Crippen LogP contribution >= 0.6 is 0 Å². The first-order chi connectivity index (χ1) is 31.4. The summed E-state index contributed by atoms with van der Waals surface area (Å²) < 4.78 is 12.6. The predicted molar refractivity (Wildman–Crippen MR) is 248 cm³/mol. The van der Waals surface area contributed by atoms with Crippen LogP contribution in [0.5, 0.6) is 46.0 Å². The SMILES string of the molecule is COc1cc(O)c([C@H](/C=C/C[C@@H](O)CCc2ccc(O)cc2)c2ccc(O)cc2)c(O)c1C(=O)[C@@H]1[C@@H](c2ccc(O)cc2)O[C@H](CCc2ccc(O)cc2)C[C@@H]1/C=C/c1ccc(O)cc1. The largest absolute Gasteiger partial charge is 0.508 e. The second kappa shape index (κ2) is 21.0. The lowest BCUT2D eigenvalue weighted by molar-refractivity contribution is -0.0938. The van der Waals surface area contributed by atoms with E-state index in [1.807, 2.05) is 24.3 Å². The molecule has 0 bridgehead atoms. The minimum absolute atomic E-state index is 0.00511. The van der Waals surface area contributed by atoms with E-state index in [1.165, 1.54) is 37.4 Å². The molecule has 1 fully saturated rings. The molecule has 65 heavy (non-hydrogen) atoms. The van der Waals surface area contributed by atoms with Gasteiger partial charge in [-0.3, -0.25) is 4.79 Å². The molecule has 0 radical (unpaired) electrons. The van der Waals surface area contributed by atoms with Crippen LogP contribution < -0.4 is 4.74 Å². The molecule has 8 N–H and O–H groups in total. The third-order valence-electron chi connectivity index (χ3n) is 12.1. The van der Waals surface area contributed by atoms with Crippen molar-refractivity contribution in [2.75, 3.05) is 7.11 Å². The number of benzene rings is 6. The summed E-state index contributed by atoms with van der Waals surface area (Å²) in [5, 5.41) is 85.1. The highest BCUT2D eigenvalue weighted by atomic mass is 16.5. The molecule has 1 aliphatic heterocycles. The summed E-state index contributed by atoms with van der Waals surface area (Å²) in [7, 11) is 1.35. The Labute approximate surface area is 378 Å². The highest BCUT2D eigenvalue weighted by Crippen LogP contribution is 2.50. The summed E-state index contributed by atoms with van der Waals surface area (Å²) in [5.74, 6) is -3.31. The average molecular weight is 879 g/mol. The fourth-order valence-electron chi connectivity index (χ4n) is 8.56. The van der Waals surface area contributed by atoms with Gasteiger partial charge in [0.1, 0.15) is 51.6 Å². The quantitative estimate of drug-likeness (QED) is 0.0321. The summed E-state index contributed by atoms with van der Waals surface area (Å²) in [6.45, 7) is 0. The maximum absolute atomic E-state index is 15.6. The van der Waals surface area contributed by atoms with Crippen LogP contribution in [0.1, 0.15) is 81.4 Å². The average Bonchev–Trinajstić information content (AvgIpc) is 3.30. The van der Waals surface area contributed by atoms with E-state index >= 15 is 4.79 Å². The zero-order valence-corrected chi connectivity index (χ0v) is 35.9. The van der Waals surface area contributed by atoms with Gasteiger partial charge in [0.05, 0.1) is 31.3 Å². The van der Waals surface area contributed by atoms with Crippen LogP contribution in [-0.4, -0.2) is 66.0 Å². The molecule has 0 amide bonds. The van der Waals surface area contributed by atoms with E-state index in [1.54, 1.807) is 97.1 Å². The van der Waals surface area contributed by atoms with Gasteiger partial charge in [-0.2, -0.15) is 0 Å². The lowest BCUT2D eigenvalue weighted by Gasteiger charge is -2.41. The molecule has 336 valence electrons. The molecule has 0 aromatic heterocycles. The Morgan fingerprint density at radius 3 is 1.85 bits per heavy atom. The van der Waals surface area contributed by atoms with Crippen LogP contribution in [0.15, 0.2) is 146 Å². The number of phenols is 7. The number of aliphatic hydroxyl groups excluding tert-OH is 1. The van der Waals surface area contributed by atoms with Gasteiger partial charge in [0.2, 0.25) is 0 Å². The molecule has 6 aromatic carbocycles. The van der Waals surface area contributed by atoms with E-state index in [-0.39, 0.29) is 63.9 Å². The van der Waals surface area contributed by atoms with Crippen molar-refractivity contribution in [1.82, 2.24) is 0 Å². The Balaban J connectivity index is 1.28. The third kappa shape index (κ3) is 11.5. The molecular formula is C54H54O11. The fourth-order valence-corrected chi connectivity index (χ4v) is 8.56. The van der Waals surface area contributed by atoms with Crippen LogP contribution in [0, 0.1) is 11.8 Å². The Hall–Kier alpha value is -7.21. The van der Waals surface area contributed by atoms with Gasteiger partial charge in [-0.25, -0.2) is 0 Å². The van der Waals surface area contributed by atoms with Gasteiger partial charge in [-0.15, -0.1) is 0 Å². The van der Waals surface area contributed by atoms with Crippen molar-refractivity contribution in [3.05, 3.63) is 185 Å². The molecule has 0 aliphatic carbocycles. The number of phenolic OH excluding ortho intramolecular Hbond substituents is 7. The van der Waals surface area contributed by atoms with Crippen molar-refractivity contribution < 1.29 is 55.1 Å². The van der Waals surface area contributed by atoms with Gasteiger partial charge >= 0.3 is 0 Å². The first-order valence-electron chi connectivity index (χ1n) is 21.6. The highest BCUT2D eigenvalue weighted by Gasteiger charge is 2.45. The molecule has 0 unspecified atom stereocenters. The van der Waals surface area contributed by atoms with E-state index < -0.39 is 41.5 Å². The standard InChI is InChI=1S/C54H54O11/c1-64-48-32-47(61)50(46(36-15-26-43(59)27-16-36)4-2-3-39(55)19-6-34-9-22-41(57)23-10-34)53(63)51(48)52(62)49-38(14-5-33-7-20-40(56)21-8-33)31-45(30-13-35-11-24-42(58)25-12-35)65-54(49)37-17-28-44(60)29-18-37/h2,4-5,7-12,14-18,20-29,32,38-39,45-46,49,54-61,63H,3,6,13,19,30-31H2,1H3/b4-2+,14-5+/t38-,39+,45+,46+,49+,54+/m0/s1. The number of rotatable bonds is 17. The van der Waals surface area contributed by atoms with Crippen LogP contribution in [0.3, 0.4) is 0 Å². The second-order valence-corrected chi connectivity index (χ2v) is 16.5. The first kappa shape index (κ1) is 45.8. The minimum atomic E-state index is -0.971. The number of aryl methyl sites for hydroxylation is 2. The molecule has 0 saturated carbocycles. The second-order valence-electron chi connectivity index (χ2n) is 16.5. The summed E-state index contributed by atoms with van der Waals surface area (Å²) in [6.07, 6.45) is 8.17. The Morgan fingerprint density at radius 2 is 1.26 bits per heavy atom. The third-order valence-corrected chi connectivity index (χ3v) is 12.1. The number of ketones is 1. The number of hydrogen-bond acceptors (Lipinski definition) is 11. The molecular weight excluding hydrogens is 825 g/mol. The first-order valence-corrected chi connectivity index (χ1v) is 21.6. The van der Waals surface area contributed by atoms with Crippen LogP contribution in [0.4, 0.5) is 0 Å². The van der Waals surface area contributed by atoms with Crippen molar-refractivity contribution in [3.8, 4) is 46.0 Å². The Bertz CT molecular complexity index is 2570. The monoisotopic (exact) mass is 878 g/mol. The molecule has 11 heteroatoms. The summed E-state index contributed by atoms with van der Waals surface area (Å²) in [5.41, 5.74) is 3.75. The molecule has 11 nitrogen and oxygen atoms in total. The van der Waals surface area contributed by atoms with E-state index in [2.05, 4.69) is 0 Å². The van der Waals surface area contributed by atoms with Gasteiger partial charge in [0.25, 0.3) is 0 Å². The predicted octanol–water partition coefficient (Wildman–Crippen LogP) is 10.00.